The first kappa shape index (κ1) is 18.5. The van der Waals surface area contributed by atoms with Gasteiger partial charge in [-0.15, -0.1) is 11.3 Å². The molecule has 4 nitrogen and oxygen atoms in total. The molecule has 3 aromatic rings. The second-order valence-corrected chi connectivity index (χ2v) is 8.69. The third-order valence-corrected chi connectivity index (χ3v) is 6.92. The Morgan fingerprint density at radius 1 is 1.28 bits per heavy atom. The van der Waals surface area contributed by atoms with Crippen LogP contribution in [0.4, 0.5) is 0 Å². The van der Waals surface area contributed by atoms with E-state index in [1.807, 2.05) is 11.8 Å². The van der Waals surface area contributed by atoms with Gasteiger partial charge in [-0.1, -0.05) is 24.6 Å². The van der Waals surface area contributed by atoms with Gasteiger partial charge in [0.25, 0.3) is 0 Å². The highest BCUT2D eigenvalue weighted by Crippen LogP contribution is 2.42. The molecule has 0 radical (unpaired) electrons. The van der Waals surface area contributed by atoms with E-state index in [-0.39, 0.29) is 11.8 Å². The normalized spacial score (nSPS) is 16.7. The Hall–Kier alpha value is -2.53. The largest absolute Gasteiger partial charge is 0.490 e. The maximum absolute atomic E-state index is 12.9. The summed E-state index contributed by atoms with van der Waals surface area (Å²) in [5.74, 6) is 2.04. The van der Waals surface area contributed by atoms with Crippen molar-refractivity contribution in [2.75, 3.05) is 19.8 Å². The number of fused-ring (bicyclic) bond motifs is 2. The molecule has 0 unspecified atom stereocenters. The smallest absolute Gasteiger partial charge is 0.226 e. The van der Waals surface area contributed by atoms with Crippen LogP contribution in [0.3, 0.4) is 0 Å². The SMILES string of the molecule is CCOc1cc(-c2csc3ccccc23)cc2c1OCCN(C(=O)C1CCC1)C2. The van der Waals surface area contributed by atoms with Crippen LogP contribution in [0, 0.1) is 5.92 Å². The standard InChI is InChI=1S/C24H25NO3S/c1-2-27-21-13-17(20-15-29-22-9-4-3-8-19(20)22)12-18-14-25(10-11-28-23(18)21)24(26)16-6-5-7-16/h3-4,8-9,12-13,15-16H,2,5-7,10-11,14H2,1H3. The van der Waals surface area contributed by atoms with Crippen molar-refractivity contribution in [3.8, 4) is 22.6 Å². The predicted molar refractivity (Wildman–Crippen MR) is 117 cm³/mol. The molecule has 5 heteroatoms. The molecular formula is C24H25NO3S. The van der Waals surface area contributed by atoms with Crippen LogP contribution >= 0.6 is 11.3 Å². The zero-order valence-electron chi connectivity index (χ0n) is 16.6. The Bertz CT molecular complexity index is 1050. The van der Waals surface area contributed by atoms with Crippen molar-refractivity contribution in [3.05, 3.63) is 47.3 Å². The summed E-state index contributed by atoms with van der Waals surface area (Å²) in [7, 11) is 0. The van der Waals surface area contributed by atoms with E-state index in [1.165, 1.54) is 22.1 Å². The van der Waals surface area contributed by atoms with Crippen LogP contribution in [0.5, 0.6) is 11.5 Å². The van der Waals surface area contributed by atoms with Gasteiger partial charge in [0.2, 0.25) is 5.91 Å². The summed E-state index contributed by atoms with van der Waals surface area (Å²) in [6, 6.07) is 12.7. The number of amides is 1. The van der Waals surface area contributed by atoms with E-state index in [0.717, 1.165) is 35.5 Å². The lowest BCUT2D eigenvalue weighted by molar-refractivity contribution is -0.138. The lowest BCUT2D eigenvalue weighted by Crippen LogP contribution is -2.39. The fourth-order valence-electron chi connectivity index (χ4n) is 4.20. The van der Waals surface area contributed by atoms with Crippen molar-refractivity contribution in [1.29, 1.82) is 0 Å². The third kappa shape index (κ3) is 3.38. The van der Waals surface area contributed by atoms with E-state index < -0.39 is 0 Å². The Morgan fingerprint density at radius 3 is 2.93 bits per heavy atom. The molecule has 2 aliphatic rings. The number of carbonyl (C=O) groups excluding carboxylic acids is 1. The van der Waals surface area contributed by atoms with Crippen LogP contribution in [-0.2, 0) is 11.3 Å². The van der Waals surface area contributed by atoms with E-state index in [4.69, 9.17) is 9.47 Å². The summed E-state index contributed by atoms with van der Waals surface area (Å²) in [6.45, 7) is 4.29. The fourth-order valence-corrected chi connectivity index (χ4v) is 5.17. The third-order valence-electron chi connectivity index (χ3n) is 5.96. The summed E-state index contributed by atoms with van der Waals surface area (Å²) in [4.78, 5) is 14.9. The molecule has 1 aliphatic carbocycles. The molecule has 1 aliphatic heterocycles. The van der Waals surface area contributed by atoms with Gasteiger partial charge in [0.1, 0.15) is 6.61 Å². The number of ether oxygens (including phenoxy) is 2. The molecule has 2 aromatic carbocycles. The molecule has 1 aromatic heterocycles. The number of hydrogen-bond acceptors (Lipinski definition) is 4. The monoisotopic (exact) mass is 407 g/mol. The van der Waals surface area contributed by atoms with Crippen LogP contribution in [0.15, 0.2) is 41.8 Å². The van der Waals surface area contributed by atoms with Gasteiger partial charge in [-0.3, -0.25) is 4.79 Å². The second-order valence-electron chi connectivity index (χ2n) is 7.78. The molecule has 1 fully saturated rings. The minimum Gasteiger partial charge on any atom is -0.490 e. The maximum Gasteiger partial charge on any atom is 0.226 e. The fraction of sp³-hybridized carbons (Fsp3) is 0.375. The van der Waals surface area contributed by atoms with Gasteiger partial charge in [0, 0.05) is 33.7 Å². The molecule has 150 valence electrons. The van der Waals surface area contributed by atoms with Crippen molar-refractivity contribution in [2.24, 2.45) is 5.92 Å². The van der Waals surface area contributed by atoms with Gasteiger partial charge >= 0.3 is 0 Å². The van der Waals surface area contributed by atoms with E-state index in [2.05, 4.69) is 41.8 Å². The predicted octanol–water partition coefficient (Wildman–Crippen LogP) is 5.49. The molecular weight excluding hydrogens is 382 g/mol. The van der Waals surface area contributed by atoms with Crippen molar-refractivity contribution >= 4 is 27.3 Å². The lowest BCUT2D eigenvalue weighted by Gasteiger charge is -2.30. The quantitative estimate of drug-likeness (QED) is 0.574. The molecule has 0 N–H and O–H groups in total. The molecule has 0 bridgehead atoms. The highest BCUT2D eigenvalue weighted by molar-refractivity contribution is 7.17. The van der Waals surface area contributed by atoms with Crippen molar-refractivity contribution < 1.29 is 14.3 Å². The first-order valence-electron chi connectivity index (χ1n) is 10.4. The number of carbonyl (C=O) groups is 1. The average Bonchev–Trinajstić information content (AvgIpc) is 2.99. The van der Waals surface area contributed by atoms with Crippen LogP contribution in [0.1, 0.15) is 31.7 Å². The molecule has 1 amide bonds. The van der Waals surface area contributed by atoms with Gasteiger partial charge in [0.15, 0.2) is 11.5 Å². The van der Waals surface area contributed by atoms with Crippen LogP contribution in [0.2, 0.25) is 0 Å². The molecule has 5 rings (SSSR count). The van der Waals surface area contributed by atoms with E-state index >= 15 is 0 Å². The number of rotatable bonds is 4. The highest BCUT2D eigenvalue weighted by Gasteiger charge is 2.31. The summed E-state index contributed by atoms with van der Waals surface area (Å²) in [6.07, 6.45) is 3.21. The van der Waals surface area contributed by atoms with Gasteiger partial charge in [0.05, 0.1) is 13.2 Å². The van der Waals surface area contributed by atoms with Crippen molar-refractivity contribution in [3.63, 3.8) is 0 Å². The number of thiophene rings is 1. The molecule has 29 heavy (non-hydrogen) atoms. The Kier molecular flexibility index (Phi) is 4.92. The summed E-state index contributed by atoms with van der Waals surface area (Å²) >= 11 is 1.75. The summed E-state index contributed by atoms with van der Waals surface area (Å²) < 4.78 is 13.3. The van der Waals surface area contributed by atoms with Crippen LogP contribution < -0.4 is 9.47 Å². The van der Waals surface area contributed by atoms with Gasteiger partial charge in [-0.05, 0) is 48.9 Å². The molecule has 0 spiro atoms. The van der Waals surface area contributed by atoms with Crippen molar-refractivity contribution in [1.82, 2.24) is 4.90 Å². The Balaban J connectivity index is 1.57. The Labute approximate surface area is 175 Å². The first-order valence-corrected chi connectivity index (χ1v) is 11.3. The van der Waals surface area contributed by atoms with Gasteiger partial charge < -0.3 is 14.4 Å². The number of nitrogens with zero attached hydrogens (tertiary/aromatic N) is 1. The lowest BCUT2D eigenvalue weighted by atomic mass is 9.84. The molecule has 0 saturated heterocycles. The number of benzene rings is 2. The van der Waals surface area contributed by atoms with Crippen LogP contribution in [0.25, 0.3) is 21.2 Å². The molecule has 2 heterocycles. The van der Waals surface area contributed by atoms with Gasteiger partial charge in [-0.25, -0.2) is 0 Å². The average molecular weight is 408 g/mol. The highest BCUT2D eigenvalue weighted by atomic mass is 32.1. The molecule has 0 atom stereocenters. The zero-order valence-corrected chi connectivity index (χ0v) is 17.5. The van der Waals surface area contributed by atoms with E-state index in [0.29, 0.717) is 26.3 Å². The van der Waals surface area contributed by atoms with E-state index in [9.17, 15) is 4.79 Å². The zero-order chi connectivity index (χ0) is 19.8. The second kappa shape index (κ2) is 7.71. The van der Waals surface area contributed by atoms with Crippen LogP contribution in [-0.4, -0.2) is 30.6 Å². The maximum atomic E-state index is 12.9. The topological polar surface area (TPSA) is 38.8 Å². The molecule has 1 saturated carbocycles. The minimum atomic E-state index is 0.201. The Morgan fingerprint density at radius 2 is 2.14 bits per heavy atom. The number of hydrogen-bond donors (Lipinski definition) is 0. The minimum absolute atomic E-state index is 0.201. The van der Waals surface area contributed by atoms with E-state index in [1.54, 1.807) is 11.3 Å². The summed E-state index contributed by atoms with van der Waals surface area (Å²) in [5, 5.41) is 3.45. The first-order chi connectivity index (χ1) is 14.2. The van der Waals surface area contributed by atoms with Gasteiger partial charge in [-0.2, -0.15) is 0 Å². The summed E-state index contributed by atoms with van der Waals surface area (Å²) in [5.41, 5.74) is 3.35. The van der Waals surface area contributed by atoms with Crippen molar-refractivity contribution in [2.45, 2.75) is 32.7 Å².